The van der Waals surface area contributed by atoms with Gasteiger partial charge in [-0.2, -0.15) is 0 Å². The second-order valence-corrected chi connectivity index (χ2v) is 7.19. The molecule has 0 bridgehead atoms. The number of halogens is 1. The molecule has 1 saturated carbocycles. The molecule has 1 aliphatic heterocycles. The van der Waals surface area contributed by atoms with Crippen molar-refractivity contribution in [2.75, 3.05) is 0 Å². The maximum Gasteiger partial charge on any atom is 0.253 e. The molecule has 5 heteroatoms. The van der Waals surface area contributed by atoms with E-state index in [2.05, 4.69) is 39.1 Å². The van der Waals surface area contributed by atoms with E-state index in [1.54, 1.807) is 12.1 Å². The van der Waals surface area contributed by atoms with Crippen molar-refractivity contribution in [1.82, 2.24) is 14.9 Å². The number of imidazole rings is 1. The van der Waals surface area contributed by atoms with Gasteiger partial charge in [-0.15, -0.1) is 0 Å². The van der Waals surface area contributed by atoms with Gasteiger partial charge in [0.05, 0.1) is 34.3 Å². The van der Waals surface area contributed by atoms with Crippen molar-refractivity contribution in [1.29, 1.82) is 0 Å². The Morgan fingerprint density at radius 1 is 1.16 bits per heavy atom. The molecule has 4 nitrogen and oxygen atoms in total. The number of fused-ring (bicyclic) bond motifs is 5. The van der Waals surface area contributed by atoms with Crippen LogP contribution in [0.4, 0.5) is 0 Å². The van der Waals surface area contributed by atoms with Crippen molar-refractivity contribution < 1.29 is 4.79 Å². The minimum absolute atomic E-state index is 0.0825. The summed E-state index contributed by atoms with van der Waals surface area (Å²) in [7, 11) is 0. The summed E-state index contributed by atoms with van der Waals surface area (Å²) in [5.41, 5.74) is 4.18. The van der Waals surface area contributed by atoms with E-state index in [0.717, 1.165) is 18.5 Å². The van der Waals surface area contributed by atoms with Crippen molar-refractivity contribution >= 4 is 17.5 Å². The highest BCUT2D eigenvalue weighted by molar-refractivity contribution is 6.33. The van der Waals surface area contributed by atoms with Gasteiger partial charge in [0.2, 0.25) is 0 Å². The number of carbonyl (C=O) groups is 1. The Bertz CT molecular complexity index is 988. The molecule has 0 saturated heterocycles. The van der Waals surface area contributed by atoms with E-state index in [1.165, 1.54) is 11.1 Å². The Balaban J connectivity index is 1.40. The summed E-state index contributed by atoms with van der Waals surface area (Å²) in [6.45, 7) is 0. The van der Waals surface area contributed by atoms with Gasteiger partial charge in [-0.25, -0.2) is 4.98 Å². The van der Waals surface area contributed by atoms with E-state index in [9.17, 15) is 4.79 Å². The number of nitrogens with zero attached hydrogens (tertiary/aromatic N) is 2. The van der Waals surface area contributed by atoms with E-state index >= 15 is 0 Å². The Morgan fingerprint density at radius 2 is 1.92 bits per heavy atom. The van der Waals surface area contributed by atoms with E-state index in [-0.39, 0.29) is 17.5 Å². The molecule has 0 radical (unpaired) electrons. The van der Waals surface area contributed by atoms with Crippen LogP contribution in [0.5, 0.6) is 0 Å². The van der Waals surface area contributed by atoms with Crippen molar-refractivity contribution in [3.05, 3.63) is 77.2 Å². The number of carbonyl (C=O) groups excluding carboxylic acids is 1. The summed E-state index contributed by atoms with van der Waals surface area (Å²) in [6.07, 6.45) is 5.55. The van der Waals surface area contributed by atoms with Gasteiger partial charge in [0.1, 0.15) is 0 Å². The van der Waals surface area contributed by atoms with E-state index < -0.39 is 0 Å². The second-order valence-electron chi connectivity index (χ2n) is 6.78. The van der Waals surface area contributed by atoms with Gasteiger partial charge in [-0.05, 0) is 30.5 Å². The van der Waals surface area contributed by atoms with Gasteiger partial charge in [0, 0.05) is 11.6 Å². The minimum atomic E-state index is -0.109. The molecule has 5 rings (SSSR count). The zero-order valence-corrected chi connectivity index (χ0v) is 14.2. The van der Waals surface area contributed by atoms with Crippen molar-refractivity contribution in [2.45, 2.75) is 24.4 Å². The minimum Gasteiger partial charge on any atom is -0.349 e. The second kappa shape index (κ2) is 5.20. The summed E-state index contributed by atoms with van der Waals surface area (Å²) in [5, 5.41) is 3.60. The third kappa shape index (κ3) is 2.01. The lowest BCUT2D eigenvalue weighted by Gasteiger charge is -2.47. The molecule has 0 unspecified atom stereocenters. The van der Waals surface area contributed by atoms with Crippen molar-refractivity contribution in [2.24, 2.45) is 0 Å². The number of aromatic nitrogens is 2. The van der Waals surface area contributed by atoms with Crippen LogP contribution in [-0.4, -0.2) is 21.5 Å². The highest BCUT2D eigenvalue weighted by Crippen LogP contribution is 2.54. The Kier molecular flexibility index (Phi) is 3.06. The Morgan fingerprint density at radius 3 is 2.76 bits per heavy atom. The predicted octanol–water partition coefficient (Wildman–Crippen LogP) is 3.85. The van der Waals surface area contributed by atoms with Crippen LogP contribution < -0.4 is 5.32 Å². The highest BCUT2D eigenvalue weighted by Gasteiger charge is 2.52. The number of nitrogens with one attached hydrogen (secondary N) is 1. The molecule has 2 aromatic carbocycles. The average molecular weight is 350 g/mol. The highest BCUT2D eigenvalue weighted by atomic mass is 35.5. The van der Waals surface area contributed by atoms with Gasteiger partial charge in [-0.1, -0.05) is 48.0 Å². The normalized spacial score (nSPS) is 23.0. The lowest BCUT2D eigenvalue weighted by molar-refractivity contribution is 0.0836. The van der Waals surface area contributed by atoms with Crippen LogP contribution in [0.2, 0.25) is 5.02 Å². The summed E-state index contributed by atoms with van der Waals surface area (Å²) in [6, 6.07) is 15.8. The average Bonchev–Trinajstić information content (AvgIpc) is 3.16. The summed E-state index contributed by atoms with van der Waals surface area (Å²) < 4.78 is 2.26. The molecule has 1 amide bonds. The smallest absolute Gasteiger partial charge is 0.253 e. The van der Waals surface area contributed by atoms with Gasteiger partial charge in [0.25, 0.3) is 5.91 Å². The lowest BCUT2D eigenvalue weighted by Crippen LogP contribution is -2.55. The monoisotopic (exact) mass is 349 g/mol. The first-order valence-corrected chi connectivity index (χ1v) is 8.75. The van der Waals surface area contributed by atoms with Crippen LogP contribution in [0.15, 0.2) is 61.1 Å². The zero-order valence-electron chi connectivity index (χ0n) is 13.4. The van der Waals surface area contributed by atoms with Crippen LogP contribution in [0.25, 0.3) is 11.3 Å². The fourth-order valence-electron chi connectivity index (χ4n) is 4.26. The number of rotatable bonds is 2. The predicted molar refractivity (Wildman–Crippen MR) is 96.7 cm³/mol. The third-order valence-corrected chi connectivity index (χ3v) is 5.76. The third-order valence-electron chi connectivity index (χ3n) is 5.43. The molecule has 2 heterocycles. The molecule has 2 aliphatic rings. The fourth-order valence-corrected chi connectivity index (χ4v) is 4.48. The molecule has 1 aliphatic carbocycles. The van der Waals surface area contributed by atoms with Crippen LogP contribution in [-0.2, 0) is 5.54 Å². The number of benzene rings is 2. The molecule has 1 spiro atoms. The summed E-state index contributed by atoms with van der Waals surface area (Å²) >= 11 is 6.13. The molecule has 1 aromatic heterocycles. The quantitative estimate of drug-likeness (QED) is 0.763. The van der Waals surface area contributed by atoms with Crippen LogP contribution >= 0.6 is 11.6 Å². The maximum absolute atomic E-state index is 12.5. The Labute approximate surface area is 150 Å². The van der Waals surface area contributed by atoms with Crippen molar-refractivity contribution in [3.63, 3.8) is 0 Å². The largest absolute Gasteiger partial charge is 0.349 e. The zero-order chi connectivity index (χ0) is 17.0. The molecule has 25 heavy (non-hydrogen) atoms. The van der Waals surface area contributed by atoms with Crippen LogP contribution in [0.1, 0.15) is 28.8 Å². The lowest BCUT2D eigenvalue weighted by atomic mass is 9.68. The number of amides is 1. The molecule has 0 atom stereocenters. The van der Waals surface area contributed by atoms with Gasteiger partial charge >= 0.3 is 0 Å². The van der Waals surface area contributed by atoms with Gasteiger partial charge < -0.3 is 9.88 Å². The Hall–Kier alpha value is -2.59. The maximum atomic E-state index is 12.5. The molecule has 124 valence electrons. The first-order valence-electron chi connectivity index (χ1n) is 8.37. The van der Waals surface area contributed by atoms with Crippen LogP contribution in [0, 0.1) is 0 Å². The number of hydrogen-bond acceptors (Lipinski definition) is 2. The first kappa shape index (κ1) is 14.7. The van der Waals surface area contributed by atoms with E-state index in [4.69, 9.17) is 11.6 Å². The molecule has 3 aromatic rings. The summed E-state index contributed by atoms with van der Waals surface area (Å²) in [5.74, 6) is -0.109. The molecular weight excluding hydrogens is 334 g/mol. The summed E-state index contributed by atoms with van der Waals surface area (Å²) in [4.78, 5) is 16.8. The number of hydrogen-bond donors (Lipinski definition) is 1. The fraction of sp³-hybridized carbons (Fsp3) is 0.200. The van der Waals surface area contributed by atoms with Gasteiger partial charge in [0.15, 0.2) is 0 Å². The topological polar surface area (TPSA) is 46.9 Å². The van der Waals surface area contributed by atoms with Gasteiger partial charge in [-0.3, -0.25) is 4.79 Å². The molecule has 1 fully saturated rings. The van der Waals surface area contributed by atoms with Crippen LogP contribution in [0.3, 0.4) is 0 Å². The molecular formula is C20H16ClN3O. The standard InChI is InChI=1S/C20H16ClN3O/c21-17-8-4-2-6-15(17)19(25)23-13-9-20(10-13)16-7-3-1-5-14(16)18-11-22-12-24(18)20/h1-8,11-13H,9-10H2,(H,23,25). The van der Waals surface area contributed by atoms with Crippen molar-refractivity contribution in [3.8, 4) is 11.3 Å². The van der Waals surface area contributed by atoms with E-state index in [1.807, 2.05) is 24.7 Å². The SMILES string of the molecule is O=C(NC1CC2(C1)c1ccccc1-c1cncn12)c1ccccc1Cl. The molecule has 1 N–H and O–H groups in total. The van der Waals surface area contributed by atoms with E-state index in [0.29, 0.717) is 10.6 Å². The first-order chi connectivity index (χ1) is 12.2.